The summed E-state index contributed by atoms with van der Waals surface area (Å²) in [5, 5.41) is 14.7. The molecule has 0 bridgehead atoms. The van der Waals surface area contributed by atoms with Crippen LogP contribution in [0.1, 0.15) is 33.3 Å². The van der Waals surface area contributed by atoms with E-state index in [2.05, 4.69) is 10.3 Å². The molecular formula is C25H19N3O4. The van der Waals surface area contributed by atoms with Crippen LogP contribution in [0.2, 0.25) is 0 Å². The molecular weight excluding hydrogens is 406 g/mol. The van der Waals surface area contributed by atoms with Crippen molar-refractivity contribution in [1.29, 1.82) is 0 Å². The third-order valence-corrected chi connectivity index (χ3v) is 5.18. The van der Waals surface area contributed by atoms with Crippen molar-refractivity contribution in [2.75, 3.05) is 5.32 Å². The molecule has 4 rings (SSSR count). The summed E-state index contributed by atoms with van der Waals surface area (Å²) in [4.78, 5) is 40.5. The first-order chi connectivity index (χ1) is 15.4. The Bertz CT molecular complexity index is 1380. The zero-order valence-corrected chi connectivity index (χ0v) is 17.5. The van der Waals surface area contributed by atoms with Crippen LogP contribution >= 0.6 is 0 Å². The Balaban J connectivity index is 1.86. The molecule has 1 aromatic heterocycles. The lowest BCUT2D eigenvalue weighted by molar-refractivity contribution is -0.385. The topological polar surface area (TPSA) is 102 Å². The minimum atomic E-state index is -0.593. The number of para-hydroxylation sites is 1. The van der Waals surface area contributed by atoms with E-state index in [1.807, 2.05) is 30.3 Å². The number of rotatable bonds is 5. The van der Waals surface area contributed by atoms with Crippen molar-refractivity contribution in [1.82, 2.24) is 4.98 Å². The number of amides is 1. The molecule has 0 atom stereocenters. The molecule has 1 heterocycles. The molecule has 158 valence electrons. The van der Waals surface area contributed by atoms with E-state index in [4.69, 9.17) is 0 Å². The van der Waals surface area contributed by atoms with Crippen molar-refractivity contribution in [3.63, 3.8) is 0 Å². The van der Waals surface area contributed by atoms with Crippen LogP contribution in [-0.2, 0) is 0 Å². The number of benzene rings is 3. The van der Waals surface area contributed by atoms with Crippen molar-refractivity contribution in [3.05, 3.63) is 99.7 Å². The van der Waals surface area contributed by atoms with E-state index in [1.54, 1.807) is 31.2 Å². The molecule has 4 aromatic rings. The van der Waals surface area contributed by atoms with Gasteiger partial charge in [0.2, 0.25) is 0 Å². The fourth-order valence-electron chi connectivity index (χ4n) is 3.82. The molecule has 7 heteroatoms. The number of nitro groups is 1. The number of nitrogens with zero attached hydrogens (tertiary/aromatic N) is 2. The predicted molar refractivity (Wildman–Crippen MR) is 123 cm³/mol. The Morgan fingerprint density at radius 3 is 2.34 bits per heavy atom. The average Bonchev–Trinajstić information content (AvgIpc) is 2.78. The summed E-state index contributed by atoms with van der Waals surface area (Å²) in [6, 6.07) is 20.5. The lowest BCUT2D eigenvalue weighted by Crippen LogP contribution is -2.14. The number of carbonyl (C=O) groups excluding carboxylic acids is 2. The smallest absolute Gasteiger partial charge is 0.282 e. The van der Waals surface area contributed by atoms with E-state index in [0.29, 0.717) is 27.8 Å². The number of Topliss-reactive ketones (excluding diaryl/α,β-unsaturated/α-hetero) is 1. The third kappa shape index (κ3) is 3.83. The fraction of sp³-hybridized carbons (Fsp3) is 0.0800. The summed E-state index contributed by atoms with van der Waals surface area (Å²) in [7, 11) is 0. The van der Waals surface area contributed by atoms with Crippen LogP contribution in [0.15, 0.2) is 72.8 Å². The van der Waals surface area contributed by atoms with E-state index in [1.165, 1.54) is 25.1 Å². The minimum absolute atomic E-state index is 0.0349. The number of pyridine rings is 1. The van der Waals surface area contributed by atoms with E-state index in [0.717, 1.165) is 11.1 Å². The van der Waals surface area contributed by atoms with Crippen molar-refractivity contribution in [2.24, 2.45) is 0 Å². The van der Waals surface area contributed by atoms with Crippen molar-refractivity contribution < 1.29 is 14.5 Å². The van der Waals surface area contributed by atoms with Crippen molar-refractivity contribution in [3.8, 4) is 11.1 Å². The maximum atomic E-state index is 12.8. The van der Waals surface area contributed by atoms with Crippen LogP contribution in [-0.4, -0.2) is 21.6 Å². The van der Waals surface area contributed by atoms with Gasteiger partial charge in [0, 0.05) is 34.0 Å². The van der Waals surface area contributed by atoms with Gasteiger partial charge in [-0.25, -0.2) is 0 Å². The molecule has 0 aliphatic rings. The summed E-state index contributed by atoms with van der Waals surface area (Å²) >= 11 is 0. The molecule has 32 heavy (non-hydrogen) atoms. The molecule has 0 radical (unpaired) electrons. The molecule has 0 spiro atoms. The fourth-order valence-corrected chi connectivity index (χ4v) is 3.82. The zero-order valence-electron chi connectivity index (χ0n) is 17.5. The van der Waals surface area contributed by atoms with E-state index in [-0.39, 0.29) is 17.0 Å². The van der Waals surface area contributed by atoms with Crippen LogP contribution in [0.4, 0.5) is 11.4 Å². The molecule has 1 N–H and O–H groups in total. The number of aryl methyl sites for hydroxylation is 1. The number of anilines is 1. The van der Waals surface area contributed by atoms with E-state index >= 15 is 0 Å². The maximum Gasteiger partial charge on any atom is 0.282 e. The Kier molecular flexibility index (Phi) is 5.47. The Hall–Kier alpha value is -4.39. The largest absolute Gasteiger partial charge is 0.322 e. The minimum Gasteiger partial charge on any atom is -0.322 e. The van der Waals surface area contributed by atoms with Crippen LogP contribution in [0.3, 0.4) is 0 Å². The standard InChI is InChI=1S/C25H19N3O4/c1-15-23(16(2)29)24(17-8-4-3-5-9-17)20-14-18(12-13-21(20)26-15)27-25(30)19-10-6-7-11-22(19)28(31)32/h3-14H,1-2H3,(H,27,30). The van der Waals surface area contributed by atoms with E-state index in [9.17, 15) is 19.7 Å². The summed E-state index contributed by atoms with van der Waals surface area (Å²) in [6.07, 6.45) is 0. The van der Waals surface area contributed by atoms with Crippen molar-refractivity contribution >= 4 is 34.0 Å². The molecule has 0 aliphatic carbocycles. The molecule has 0 saturated heterocycles. The monoisotopic (exact) mass is 425 g/mol. The van der Waals surface area contributed by atoms with Gasteiger partial charge in [-0.1, -0.05) is 42.5 Å². The maximum absolute atomic E-state index is 12.8. The number of aromatic nitrogens is 1. The summed E-state index contributed by atoms with van der Waals surface area (Å²) < 4.78 is 0. The third-order valence-electron chi connectivity index (χ3n) is 5.18. The second-order valence-corrected chi connectivity index (χ2v) is 7.33. The molecule has 3 aromatic carbocycles. The highest BCUT2D eigenvalue weighted by atomic mass is 16.6. The first-order valence-corrected chi connectivity index (χ1v) is 9.92. The molecule has 7 nitrogen and oxygen atoms in total. The van der Waals surface area contributed by atoms with E-state index < -0.39 is 10.8 Å². The van der Waals surface area contributed by atoms with Crippen LogP contribution in [0.25, 0.3) is 22.0 Å². The first-order valence-electron chi connectivity index (χ1n) is 9.92. The second kappa shape index (κ2) is 8.39. The average molecular weight is 425 g/mol. The Labute approximate surface area is 183 Å². The number of fused-ring (bicyclic) bond motifs is 1. The number of ketones is 1. The lowest BCUT2D eigenvalue weighted by Gasteiger charge is -2.15. The number of nitrogens with one attached hydrogen (secondary N) is 1. The Morgan fingerprint density at radius 1 is 0.969 bits per heavy atom. The van der Waals surface area contributed by atoms with Gasteiger partial charge >= 0.3 is 0 Å². The van der Waals surface area contributed by atoms with Gasteiger partial charge in [-0.15, -0.1) is 0 Å². The molecule has 0 fully saturated rings. The number of carbonyl (C=O) groups is 2. The van der Waals surface area contributed by atoms with Crippen molar-refractivity contribution in [2.45, 2.75) is 13.8 Å². The number of hydrogen-bond donors (Lipinski definition) is 1. The highest BCUT2D eigenvalue weighted by Crippen LogP contribution is 2.35. The van der Waals surface area contributed by atoms with Gasteiger partial charge in [0.25, 0.3) is 11.6 Å². The van der Waals surface area contributed by atoms with Gasteiger partial charge in [0.15, 0.2) is 5.78 Å². The summed E-state index contributed by atoms with van der Waals surface area (Å²) in [5.41, 5.74) is 3.55. The van der Waals surface area contributed by atoms with Gasteiger partial charge in [-0.3, -0.25) is 24.7 Å². The molecule has 0 unspecified atom stereocenters. The quantitative estimate of drug-likeness (QED) is 0.256. The van der Waals surface area contributed by atoms with Gasteiger partial charge < -0.3 is 5.32 Å². The van der Waals surface area contributed by atoms with Gasteiger partial charge in [-0.2, -0.15) is 0 Å². The molecule has 0 saturated carbocycles. The summed E-state index contributed by atoms with van der Waals surface area (Å²) in [5.74, 6) is -0.699. The lowest BCUT2D eigenvalue weighted by atomic mass is 9.92. The second-order valence-electron chi connectivity index (χ2n) is 7.33. The molecule has 0 aliphatic heterocycles. The zero-order chi connectivity index (χ0) is 22.8. The van der Waals surface area contributed by atoms with Crippen LogP contribution < -0.4 is 5.32 Å². The first kappa shape index (κ1) is 20.9. The van der Waals surface area contributed by atoms with Gasteiger partial charge in [0.1, 0.15) is 5.56 Å². The normalized spacial score (nSPS) is 10.7. The highest BCUT2D eigenvalue weighted by molar-refractivity contribution is 6.12. The number of nitro benzene ring substituents is 1. The molecule has 1 amide bonds. The van der Waals surface area contributed by atoms with Crippen LogP contribution in [0, 0.1) is 17.0 Å². The van der Waals surface area contributed by atoms with Gasteiger partial charge in [-0.05, 0) is 43.7 Å². The van der Waals surface area contributed by atoms with Crippen LogP contribution in [0.5, 0.6) is 0 Å². The highest BCUT2D eigenvalue weighted by Gasteiger charge is 2.21. The number of hydrogen-bond acceptors (Lipinski definition) is 5. The SMILES string of the molecule is CC(=O)c1c(C)nc2ccc(NC(=O)c3ccccc3[N+](=O)[O-])cc2c1-c1ccccc1. The Morgan fingerprint density at radius 2 is 1.66 bits per heavy atom. The summed E-state index contributed by atoms with van der Waals surface area (Å²) in [6.45, 7) is 3.30. The predicted octanol–water partition coefficient (Wildman–Crippen LogP) is 5.57. The van der Waals surface area contributed by atoms with Gasteiger partial charge in [0.05, 0.1) is 10.4 Å².